The Morgan fingerprint density at radius 3 is 2.51 bits per heavy atom. The summed E-state index contributed by atoms with van der Waals surface area (Å²) in [7, 11) is 0. The zero-order chi connectivity index (χ0) is 31.9. The molecule has 0 spiro atoms. The quantitative estimate of drug-likeness (QED) is 0.219. The van der Waals surface area contributed by atoms with Crippen LogP contribution in [-0.2, 0) is 33.9 Å². The molecule has 2 aliphatic heterocycles. The second-order valence-corrected chi connectivity index (χ2v) is 11.5. The van der Waals surface area contributed by atoms with Gasteiger partial charge in [0, 0.05) is 42.0 Å². The van der Waals surface area contributed by atoms with Gasteiger partial charge in [-0.05, 0) is 48.7 Å². The molecule has 2 aliphatic rings. The summed E-state index contributed by atoms with van der Waals surface area (Å²) < 4.78 is 7.50. The number of benzene rings is 2. The molecule has 4 amide bonds. The van der Waals surface area contributed by atoms with Gasteiger partial charge in [-0.15, -0.1) is 5.10 Å². The molecule has 45 heavy (non-hydrogen) atoms. The first kappa shape index (κ1) is 31.2. The molecule has 4 aromatic rings. The molecule has 2 aromatic carbocycles. The van der Waals surface area contributed by atoms with Crippen molar-refractivity contribution in [3.63, 3.8) is 0 Å². The predicted molar refractivity (Wildman–Crippen MR) is 166 cm³/mol. The van der Waals surface area contributed by atoms with Crippen LogP contribution in [0.2, 0.25) is 0 Å². The van der Waals surface area contributed by atoms with E-state index >= 15 is 0 Å². The largest absolute Gasteiger partial charge is 0.494 e. The van der Waals surface area contributed by atoms with Crippen molar-refractivity contribution < 1.29 is 23.9 Å². The van der Waals surface area contributed by atoms with Crippen molar-refractivity contribution in [2.45, 2.75) is 64.8 Å². The normalized spacial score (nSPS) is 20.7. The van der Waals surface area contributed by atoms with Gasteiger partial charge >= 0.3 is 0 Å². The number of aryl methyl sites for hydroxylation is 1. The number of rotatable bonds is 3. The zero-order valence-electron chi connectivity index (χ0n) is 25.5. The van der Waals surface area contributed by atoms with E-state index in [0.717, 1.165) is 16.5 Å². The van der Waals surface area contributed by atoms with Crippen LogP contribution in [-0.4, -0.2) is 68.3 Å². The first-order chi connectivity index (χ1) is 21.7. The molecule has 0 saturated carbocycles. The summed E-state index contributed by atoms with van der Waals surface area (Å²) >= 11 is 0. The Labute approximate surface area is 260 Å². The van der Waals surface area contributed by atoms with E-state index in [0.29, 0.717) is 36.6 Å². The van der Waals surface area contributed by atoms with Gasteiger partial charge in [-0.2, -0.15) is 0 Å². The molecular formula is C32H38N8O5. The number of nitrogens with zero attached hydrogens (tertiary/aromatic N) is 3. The Balaban J connectivity index is 1.40. The number of fused-ring (bicyclic) bond motifs is 17. The highest BCUT2D eigenvalue weighted by Gasteiger charge is 2.31. The Morgan fingerprint density at radius 2 is 1.73 bits per heavy atom. The van der Waals surface area contributed by atoms with Crippen molar-refractivity contribution in [2.75, 3.05) is 6.61 Å². The zero-order valence-corrected chi connectivity index (χ0v) is 25.5. The van der Waals surface area contributed by atoms with E-state index in [9.17, 15) is 19.2 Å². The maximum atomic E-state index is 13.8. The molecule has 0 unspecified atom stereocenters. The molecule has 0 fully saturated rings. The number of nitrogens with one attached hydrogen (secondary N) is 5. The van der Waals surface area contributed by atoms with Crippen LogP contribution in [0.1, 0.15) is 48.8 Å². The van der Waals surface area contributed by atoms with Crippen LogP contribution in [0.25, 0.3) is 10.9 Å². The van der Waals surface area contributed by atoms with Gasteiger partial charge in [-0.3, -0.25) is 23.9 Å². The van der Waals surface area contributed by atoms with Crippen LogP contribution in [0, 0.1) is 5.92 Å². The van der Waals surface area contributed by atoms with Gasteiger partial charge < -0.3 is 31.0 Å². The lowest BCUT2D eigenvalue weighted by Gasteiger charge is -2.26. The molecule has 3 atom stereocenters. The minimum Gasteiger partial charge on any atom is -0.494 e. The van der Waals surface area contributed by atoms with Gasteiger partial charge in [0.1, 0.15) is 29.6 Å². The number of carbonyl (C=O) groups excluding carboxylic acids is 4. The molecule has 13 heteroatoms. The number of aromatic nitrogens is 4. The fourth-order valence-electron chi connectivity index (χ4n) is 5.11. The van der Waals surface area contributed by atoms with Crippen molar-refractivity contribution >= 4 is 34.5 Å². The van der Waals surface area contributed by atoms with Crippen molar-refractivity contribution in [2.24, 2.45) is 5.92 Å². The number of amides is 4. The summed E-state index contributed by atoms with van der Waals surface area (Å²) in [4.78, 5) is 56.5. The maximum absolute atomic E-state index is 13.8. The highest BCUT2D eigenvalue weighted by atomic mass is 16.5. The van der Waals surface area contributed by atoms with E-state index in [1.165, 1.54) is 0 Å². The number of carbonyl (C=O) groups is 4. The van der Waals surface area contributed by atoms with Crippen LogP contribution in [0.4, 0.5) is 0 Å². The van der Waals surface area contributed by atoms with Crippen molar-refractivity contribution in [1.82, 2.24) is 41.2 Å². The summed E-state index contributed by atoms with van der Waals surface area (Å²) in [5.74, 6) is -1.62. The maximum Gasteiger partial charge on any atom is 0.251 e. The first-order valence-electron chi connectivity index (χ1n) is 15.0. The van der Waals surface area contributed by atoms with Crippen molar-refractivity contribution in [3.8, 4) is 5.75 Å². The Morgan fingerprint density at radius 1 is 0.956 bits per heavy atom. The molecule has 4 heterocycles. The SMILES string of the molecule is CC(C)[C@@H]1NC(=O)[C@@H](Cc2c[nH]c3ccccc23)NC(=O)c2ccc(cc2)OCCCn2cc(nn2)CNC(=O)[C@@H](C)NC1=O. The third-order valence-electron chi connectivity index (χ3n) is 7.67. The smallest absolute Gasteiger partial charge is 0.251 e. The van der Waals surface area contributed by atoms with E-state index < -0.39 is 41.8 Å². The van der Waals surface area contributed by atoms with E-state index in [-0.39, 0.29) is 18.9 Å². The van der Waals surface area contributed by atoms with Gasteiger partial charge in [0.2, 0.25) is 17.7 Å². The second kappa shape index (κ2) is 14.1. The van der Waals surface area contributed by atoms with Gasteiger partial charge in [0.25, 0.3) is 5.91 Å². The molecule has 6 rings (SSSR count). The molecule has 236 valence electrons. The molecule has 13 nitrogen and oxygen atoms in total. The Bertz CT molecular complexity index is 1660. The number of hydrogen-bond acceptors (Lipinski definition) is 7. The van der Waals surface area contributed by atoms with Crippen LogP contribution in [0.5, 0.6) is 5.75 Å². The van der Waals surface area contributed by atoms with Crippen molar-refractivity contribution in [1.29, 1.82) is 0 Å². The fourth-order valence-corrected chi connectivity index (χ4v) is 5.11. The lowest BCUT2D eigenvalue weighted by Crippen LogP contribution is -2.58. The molecule has 5 N–H and O–H groups in total. The molecular weight excluding hydrogens is 576 g/mol. The molecule has 2 aromatic heterocycles. The lowest BCUT2D eigenvalue weighted by atomic mass is 10.00. The fraction of sp³-hybridized carbons (Fsp3) is 0.375. The Hall–Kier alpha value is -5.20. The van der Waals surface area contributed by atoms with Gasteiger partial charge in [0.15, 0.2) is 0 Å². The summed E-state index contributed by atoms with van der Waals surface area (Å²) in [5.41, 5.74) is 2.66. The Kier molecular flexibility index (Phi) is 9.76. The first-order valence-corrected chi connectivity index (χ1v) is 15.0. The highest BCUT2D eigenvalue weighted by molar-refractivity contribution is 5.99. The van der Waals surface area contributed by atoms with Gasteiger partial charge in [-0.1, -0.05) is 37.3 Å². The van der Waals surface area contributed by atoms with Crippen molar-refractivity contribution in [3.05, 3.63) is 77.7 Å². The summed E-state index contributed by atoms with van der Waals surface area (Å²) in [5, 5.41) is 20.3. The summed E-state index contributed by atoms with van der Waals surface area (Å²) in [6, 6.07) is 11.5. The average molecular weight is 615 g/mol. The number of ether oxygens (including phenoxy) is 1. The van der Waals surface area contributed by atoms with Gasteiger partial charge in [0.05, 0.1) is 19.3 Å². The topological polar surface area (TPSA) is 172 Å². The van der Waals surface area contributed by atoms with Crippen LogP contribution in [0.15, 0.2) is 60.9 Å². The van der Waals surface area contributed by atoms with Crippen LogP contribution < -0.4 is 26.0 Å². The average Bonchev–Trinajstić information content (AvgIpc) is 3.66. The number of aromatic amines is 1. The minimum absolute atomic E-state index is 0.140. The van der Waals surface area contributed by atoms with E-state index in [4.69, 9.17) is 4.74 Å². The molecule has 0 saturated heterocycles. The standard InChI is InChI=1S/C32H38N8O5/c1-19(2)28-32(44)35-20(3)29(41)34-17-23-18-40(39-38-23)13-6-14-45-24-11-9-21(10-12-24)30(42)36-27(31(43)37-28)15-22-16-33-26-8-5-4-7-25(22)26/h4-5,7-12,16,18-20,27-28,33H,6,13-15,17H2,1-3H3,(H,34,41)(H,35,44)(H,36,42)(H,37,43)/t20-,27-,28+/m1/s1. The molecule has 0 aliphatic carbocycles. The second-order valence-electron chi connectivity index (χ2n) is 11.5. The number of H-pyrrole nitrogens is 1. The number of para-hydroxylation sites is 1. The third kappa shape index (κ3) is 7.85. The molecule has 4 bridgehead atoms. The van der Waals surface area contributed by atoms with E-state index in [2.05, 4.69) is 36.6 Å². The third-order valence-corrected chi connectivity index (χ3v) is 7.67. The summed E-state index contributed by atoms with van der Waals surface area (Å²) in [6.45, 7) is 6.27. The predicted octanol–water partition coefficient (Wildman–Crippen LogP) is 1.84. The van der Waals surface area contributed by atoms with Crippen LogP contribution in [0.3, 0.4) is 0 Å². The summed E-state index contributed by atoms with van der Waals surface area (Å²) in [6.07, 6.45) is 4.39. The molecule has 0 radical (unpaired) electrons. The monoisotopic (exact) mass is 614 g/mol. The minimum atomic E-state index is -1.00. The van der Waals surface area contributed by atoms with Crippen LogP contribution >= 0.6 is 0 Å². The van der Waals surface area contributed by atoms with Gasteiger partial charge in [-0.25, -0.2) is 0 Å². The van der Waals surface area contributed by atoms with E-state index in [1.807, 2.05) is 30.5 Å². The lowest BCUT2D eigenvalue weighted by molar-refractivity contribution is -0.133. The highest BCUT2D eigenvalue weighted by Crippen LogP contribution is 2.20. The number of hydrogen-bond donors (Lipinski definition) is 5. The van der Waals surface area contributed by atoms with E-state index in [1.54, 1.807) is 55.9 Å².